The number of aromatic nitrogens is 1. The Hall–Kier alpha value is -3.26. The Morgan fingerprint density at radius 2 is 2.00 bits per heavy atom. The van der Waals surface area contributed by atoms with Gasteiger partial charge in [0, 0.05) is 29.6 Å². The second-order valence-electron chi connectivity index (χ2n) is 7.16. The molecule has 0 spiro atoms. The van der Waals surface area contributed by atoms with E-state index in [9.17, 15) is 10.1 Å². The van der Waals surface area contributed by atoms with Crippen LogP contribution >= 0.6 is 0 Å². The van der Waals surface area contributed by atoms with Crippen molar-refractivity contribution in [3.8, 4) is 23.1 Å². The van der Waals surface area contributed by atoms with Gasteiger partial charge < -0.3 is 14.6 Å². The van der Waals surface area contributed by atoms with Crippen molar-refractivity contribution < 1.29 is 9.53 Å². The van der Waals surface area contributed by atoms with Crippen molar-refractivity contribution in [3.05, 3.63) is 48.0 Å². The highest BCUT2D eigenvalue weighted by Crippen LogP contribution is 2.36. The van der Waals surface area contributed by atoms with Gasteiger partial charge in [-0.3, -0.25) is 4.79 Å². The molecular formula is C23H23N3O2. The van der Waals surface area contributed by atoms with Crippen molar-refractivity contribution in [2.75, 3.05) is 12.4 Å². The summed E-state index contributed by atoms with van der Waals surface area (Å²) in [6.07, 6.45) is 3.10. The summed E-state index contributed by atoms with van der Waals surface area (Å²) in [5, 5.41) is 13.7. The van der Waals surface area contributed by atoms with Crippen LogP contribution in [-0.4, -0.2) is 17.6 Å². The van der Waals surface area contributed by atoms with Crippen molar-refractivity contribution in [1.82, 2.24) is 4.57 Å². The summed E-state index contributed by atoms with van der Waals surface area (Å²) in [5.41, 5.74) is 4.28. The number of nitrogens with zero attached hydrogens (tertiary/aromatic N) is 2. The highest BCUT2D eigenvalue weighted by Gasteiger charge is 2.25. The van der Waals surface area contributed by atoms with Crippen LogP contribution in [0.25, 0.3) is 22.2 Å². The van der Waals surface area contributed by atoms with Crippen LogP contribution in [0.1, 0.15) is 31.7 Å². The maximum absolute atomic E-state index is 12.2. The van der Waals surface area contributed by atoms with Crippen LogP contribution in [0.15, 0.2) is 42.5 Å². The lowest BCUT2D eigenvalue weighted by Crippen LogP contribution is -2.27. The number of anilines is 1. The van der Waals surface area contributed by atoms with Crippen LogP contribution in [0.5, 0.6) is 5.75 Å². The fourth-order valence-corrected chi connectivity index (χ4v) is 3.82. The number of hydrogen-bond donors (Lipinski definition) is 1. The van der Waals surface area contributed by atoms with Crippen LogP contribution in [0.3, 0.4) is 0 Å². The minimum Gasteiger partial charge on any atom is -0.497 e. The summed E-state index contributed by atoms with van der Waals surface area (Å²) in [6, 6.07) is 15.9. The van der Waals surface area contributed by atoms with Crippen molar-refractivity contribution in [2.45, 2.75) is 32.7 Å². The van der Waals surface area contributed by atoms with Gasteiger partial charge in [0.15, 0.2) is 0 Å². The molecule has 5 heteroatoms. The number of aryl methyl sites for hydroxylation is 1. The fraction of sp³-hybridized carbons (Fsp3) is 0.304. The van der Waals surface area contributed by atoms with Gasteiger partial charge in [0.2, 0.25) is 5.91 Å². The lowest BCUT2D eigenvalue weighted by atomic mass is 9.85. The molecular weight excluding hydrogens is 350 g/mol. The average molecular weight is 373 g/mol. The second kappa shape index (κ2) is 7.40. The molecule has 142 valence electrons. The Morgan fingerprint density at radius 3 is 2.57 bits per heavy atom. The van der Waals surface area contributed by atoms with Crippen LogP contribution in [-0.2, 0) is 11.3 Å². The van der Waals surface area contributed by atoms with Gasteiger partial charge in [-0.1, -0.05) is 18.6 Å². The monoisotopic (exact) mass is 373 g/mol. The second-order valence-corrected chi connectivity index (χ2v) is 7.16. The summed E-state index contributed by atoms with van der Waals surface area (Å²) in [6.45, 7) is 2.80. The van der Waals surface area contributed by atoms with Gasteiger partial charge in [0.05, 0.1) is 23.9 Å². The van der Waals surface area contributed by atoms with E-state index in [1.165, 1.54) is 0 Å². The fourth-order valence-electron chi connectivity index (χ4n) is 3.82. The molecule has 0 bridgehead atoms. The van der Waals surface area contributed by atoms with Gasteiger partial charge >= 0.3 is 0 Å². The predicted molar refractivity (Wildman–Crippen MR) is 110 cm³/mol. The largest absolute Gasteiger partial charge is 0.497 e. The van der Waals surface area contributed by atoms with Crippen LogP contribution in [0.2, 0.25) is 0 Å². The van der Waals surface area contributed by atoms with Gasteiger partial charge in [-0.05, 0) is 49.6 Å². The van der Waals surface area contributed by atoms with E-state index in [1.54, 1.807) is 7.11 Å². The zero-order valence-corrected chi connectivity index (χ0v) is 16.2. The highest BCUT2D eigenvalue weighted by atomic mass is 16.5. The third kappa shape index (κ3) is 3.01. The number of nitrogens with one attached hydrogen (secondary N) is 1. The summed E-state index contributed by atoms with van der Waals surface area (Å²) >= 11 is 0. The van der Waals surface area contributed by atoms with E-state index in [2.05, 4.69) is 22.9 Å². The van der Waals surface area contributed by atoms with Crippen LogP contribution in [0.4, 0.5) is 5.69 Å². The average Bonchev–Trinajstić information content (AvgIpc) is 2.99. The number of carbonyl (C=O) groups is 1. The Morgan fingerprint density at radius 1 is 1.25 bits per heavy atom. The normalized spacial score (nSPS) is 13.8. The van der Waals surface area contributed by atoms with Crippen LogP contribution in [0, 0.1) is 17.2 Å². The molecule has 1 fully saturated rings. The third-order valence-electron chi connectivity index (χ3n) is 5.60. The summed E-state index contributed by atoms with van der Waals surface area (Å²) in [5.74, 6) is 1.03. The summed E-state index contributed by atoms with van der Waals surface area (Å²) in [4.78, 5) is 12.2. The zero-order valence-electron chi connectivity index (χ0n) is 16.2. The molecule has 0 aliphatic heterocycles. The highest BCUT2D eigenvalue weighted by molar-refractivity contribution is 5.96. The zero-order chi connectivity index (χ0) is 19.7. The smallest absolute Gasteiger partial charge is 0.227 e. The maximum atomic E-state index is 12.2. The van der Waals surface area contributed by atoms with E-state index in [0.29, 0.717) is 5.56 Å². The number of hydrogen-bond acceptors (Lipinski definition) is 3. The number of benzene rings is 2. The van der Waals surface area contributed by atoms with Gasteiger partial charge in [0.25, 0.3) is 0 Å². The minimum absolute atomic E-state index is 0.103. The number of rotatable bonds is 5. The van der Waals surface area contributed by atoms with E-state index < -0.39 is 0 Å². The van der Waals surface area contributed by atoms with E-state index in [-0.39, 0.29) is 11.8 Å². The standard InChI is InChI=1S/C23H23N3O2/c1-3-26-21-13-18(28-2)11-12-19(21)20(14-24)22(26)15-7-9-17(10-8-15)25-23(27)16-5-4-6-16/h7-13,16H,3-6H2,1-2H3,(H,25,27). The first-order valence-electron chi connectivity index (χ1n) is 9.68. The molecule has 1 saturated carbocycles. The van der Waals surface area contributed by atoms with E-state index in [1.807, 2.05) is 42.5 Å². The first-order chi connectivity index (χ1) is 13.7. The Bertz CT molecular complexity index is 1070. The van der Waals surface area contributed by atoms with Crippen molar-refractivity contribution >= 4 is 22.5 Å². The molecule has 1 heterocycles. The summed E-state index contributed by atoms with van der Waals surface area (Å²) in [7, 11) is 1.64. The van der Waals surface area contributed by atoms with Gasteiger partial charge in [-0.15, -0.1) is 0 Å². The van der Waals surface area contributed by atoms with E-state index >= 15 is 0 Å². The molecule has 1 N–H and O–H groups in total. The Balaban J connectivity index is 1.73. The Labute approximate surface area is 164 Å². The molecule has 0 radical (unpaired) electrons. The molecule has 4 rings (SSSR count). The van der Waals surface area contributed by atoms with Crippen molar-refractivity contribution in [2.24, 2.45) is 5.92 Å². The molecule has 1 amide bonds. The van der Waals surface area contributed by atoms with Gasteiger partial charge in [-0.2, -0.15) is 5.26 Å². The molecule has 0 saturated heterocycles. The molecule has 1 aliphatic carbocycles. The van der Waals surface area contributed by atoms with Gasteiger partial charge in [0.1, 0.15) is 11.8 Å². The number of ether oxygens (including phenoxy) is 1. The van der Waals surface area contributed by atoms with E-state index in [4.69, 9.17) is 4.74 Å². The quantitative estimate of drug-likeness (QED) is 0.688. The minimum atomic E-state index is 0.103. The molecule has 1 aromatic heterocycles. The maximum Gasteiger partial charge on any atom is 0.227 e. The first-order valence-corrected chi connectivity index (χ1v) is 9.68. The van der Waals surface area contributed by atoms with Crippen LogP contribution < -0.4 is 10.1 Å². The lowest BCUT2D eigenvalue weighted by Gasteiger charge is -2.24. The predicted octanol–water partition coefficient (Wildman–Crippen LogP) is 4.95. The molecule has 0 unspecified atom stereocenters. The molecule has 2 aromatic carbocycles. The first kappa shape index (κ1) is 18.1. The topological polar surface area (TPSA) is 67.0 Å². The molecule has 28 heavy (non-hydrogen) atoms. The molecule has 3 aromatic rings. The SMILES string of the molecule is CCn1c(-c2ccc(NC(=O)C3CCC3)cc2)c(C#N)c2ccc(OC)cc21. The van der Waals surface area contributed by atoms with Crippen molar-refractivity contribution in [1.29, 1.82) is 5.26 Å². The van der Waals surface area contributed by atoms with Crippen molar-refractivity contribution in [3.63, 3.8) is 0 Å². The number of methoxy groups -OCH3 is 1. The molecule has 0 atom stereocenters. The van der Waals surface area contributed by atoms with E-state index in [0.717, 1.165) is 59.4 Å². The molecule has 5 nitrogen and oxygen atoms in total. The Kier molecular flexibility index (Phi) is 4.79. The number of carbonyl (C=O) groups excluding carboxylic acids is 1. The number of amides is 1. The van der Waals surface area contributed by atoms with Gasteiger partial charge in [-0.25, -0.2) is 0 Å². The number of nitriles is 1. The summed E-state index contributed by atoms with van der Waals surface area (Å²) < 4.78 is 7.50. The lowest BCUT2D eigenvalue weighted by molar-refractivity contribution is -0.122. The molecule has 1 aliphatic rings. The number of fused-ring (bicyclic) bond motifs is 1. The third-order valence-corrected chi connectivity index (χ3v) is 5.60.